The number of aromatic amines is 2. The molecule has 4 heterocycles. The molecule has 6 rings (SSSR count). The van der Waals surface area contributed by atoms with Gasteiger partial charge in [0.25, 0.3) is 0 Å². The molecule has 2 aliphatic heterocycles. The number of nitrogens with one attached hydrogen (secondary N) is 10. The first-order chi connectivity index (χ1) is 37.4. The molecule has 418 valence electrons. The first-order valence-electron chi connectivity index (χ1n) is 25.8. The van der Waals surface area contributed by atoms with E-state index in [1.807, 2.05) is 6.07 Å². The summed E-state index contributed by atoms with van der Waals surface area (Å²) in [5.74, 6) is -7.83. The van der Waals surface area contributed by atoms with Gasteiger partial charge in [0, 0.05) is 74.8 Å². The topological polar surface area (TPSA) is 399 Å². The number of nitrogens with two attached hydrogens (primary N) is 2. The van der Waals surface area contributed by atoms with Crippen LogP contribution in [0, 0.1) is 0 Å². The molecule has 2 aromatic heterocycles. The molecule has 0 spiro atoms. The molecule has 4 aromatic rings. The minimum absolute atomic E-state index is 0.0204. The zero-order valence-electron chi connectivity index (χ0n) is 43.5. The van der Waals surface area contributed by atoms with Gasteiger partial charge >= 0.3 is 0 Å². The largest absolute Gasteiger partial charge is 0.394 e. The lowest BCUT2D eigenvalue weighted by Crippen LogP contribution is -2.61. The highest BCUT2D eigenvalue weighted by Crippen LogP contribution is 2.22. The van der Waals surface area contributed by atoms with Crippen LogP contribution < -0.4 is 54.0 Å². The highest BCUT2D eigenvalue weighted by atomic mass is 16.3. The molecule has 15 N–H and O–H groups in total. The van der Waals surface area contributed by atoms with E-state index in [0.29, 0.717) is 34.1 Å². The number of aromatic nitrogens is 3. The van der Waals surface area contributed by atoms with E-state index >= 15 is 0 Å². The average molecular weight is 1080 g/mol. The number of hydrogen-bond acceptors (Lipinski definition) is 13. The number of benzene rings is 2. The number of hydrogen-bond donors (Lipinski definition) is 13. The number of guanidine groups is 1. The summed E-state index contributed by atoms with van der Waals surface area (Å²) in [6.07, 6.45) is 3.91. The number of fused-ring (bicyclic) bond motifs is 1. The lowest BCUT2D eigenvalue weighted by atomic mass is 10.0. The van der Waals surface area contributed by atoms with Crippen molar-refractivity contribution in [2.75, 3.05) is 26.2 Å². The lowest BCUT2D eigenvalue weighted by Gasteiger charge is -2.31. The molecule has 0 unspecified atom stereocenters. The highest BCUT2D eigenvalue weighted by molar-refractivity contribution is 6.00. The number of Topliss-reactive ketones (excluding diaryl/α,β-unsaturated/α-hetero) is 1. The van der Waals surface area contributed by atoms with Gasteiger partial charge in [-0.3, -0.25) is 52.9 Å². The number of aliphatic hydroxyl groups excluding tert-OH is 1. The van der Waals surface area contributed by atoms with Crippen LogP contribution in [0.1, 0.15) is 75.6 Å². The molecular weight excluding hydrogens is 1010 g/mol. The molecule has 26 heteroatoms. The van der Waals surface area contributed by atoms with Crippen LogP contribution in [-0.2, 0) is 67.2 Å². The van der Waals surface area contributed by atoms with Crippen molar-refractivity contribution in [1.82, 2.24) is 62.4 Å². The second kappa shape index (κ2) is 28.5. The molecular formula is C52H69N15O11. The van der Waals surface area contributed by atoms with E-state index in [1.54, 1.807) is 54.7 Å². The summed E-state index contributed by atoms with van der Waals surface area (Å²) in [4.78, 5) is 155. The number of aliphatic hydroxyl groups is 1. The Morgan fingerprint density at radius 1 is 0.782 bits per heavy atom. The number of ketones is 1. The van der Waals surface area contributed by atoms with Crippen LogP contribution in [0.4, 0.5) is 0 Å². The van der Waals surface area contributed by atoms with Gasteiger partial charge in [0.2, 0.25) is 53.2 Å². The highest BCUT2D eigenvalue weighted by Gasteiger charge is 2.41. The molecule has 78 heavy (non-hydrogen) atoms. The maximum atomic E-state index is 14.9. The van der Waals surface area contributed by atoms with E-state index in [1.165, 1.54) is 31.3 Å². The molecule has 2 aromatic carbocycles. The number of imidazole rings is 1. The standard InChI is InChI=1S/C52H69N15O11/c1-29(69)42(27-68)66-50(77)43-17-10-20-67(43)51(78)41-24-44(71)56-18-8-15-36(60-30(2)70)45(72)64-40(23-33-26-55-28-59-33)49(76)62-38(21-31-11-4-3-5-12-31)47(74)61-37(16-9-19-57-52(53)54)46(73)63-39(48(75)65-41)22-32-25-58-35-14-7-6-13-34(32)35/h3-7,11-14,25-26,28,36-43,58,68H,8-10,15-24,27H2,1-2H3,(H,55,59)(H,56,71)(H,60,70)(H,61,74)(H,62,76)(H,63,73)(H,64,72)(H,65,75)(H,66,77)(H4,53,54,57)/t36-,37-,38+,39-,40-,41-,42-,43-/m0/s1. The predicted molar refractivity (Wildman–Crippen MR) is 283 cm³/mol. The van der Waals surface area contributed by atoms with Crippen LogP contribution in [0.15, 0.2) is 78.3 Å². The van der Waals surface area contributed by atoms with Gasteiger partial charge in [-0.05, 0) is 62.6 Å². The molecule has 0 aliphatic carbocycles. The Balaban J connectivity index is 1.41. The van der Waals surface area contributed by atoms with Gasteiger partial charge < -0.3 is 74.0 Å². The Morgan fingerprint density at radius 2 is 1.44 bits per heavy atom. The van der Waals surface area contributed by atoms with Crippen molar-refractivity contribution >= 4 is 75.8 Å². The Morgan fingerprint density at radius 3 is 2.12 bits per heavy atom. The van der Waals surface area contributed by atoms with Crippen LogP contribution in [0.25, 0.3) is 10.9 Å². The van der Waals surface area contributed by atoms with Gasteiger partial charge in [-0.25, -0.2) is 4.98 Å². The van der Waals surface area contributed by atoms with Gasteiger partial charge in [-0.1, -0.05) is 48.5 Å². The van der Waals surface area contributed by atoms with E-state index in [-0.39, 0.29) is 77.0 Å². The van der Waals surface area contributed by atoms with Gasteiger partial charge in [0.15, 0.2) is 11.7 Å². The number of rotatable bonds is 16. The number of likely N-dealkylation sites (tertiary alicyclic amines) is 1. The molecule has 0 radical (unpaired) electrons. The zero-order chi connectivity index (χ0) is 56.3. The van der Waals surface area contributed by atoms with Crippen molar-refractivity contribution in [2.24, 2.45) is 16.5 Å². The fourth-order valence-electron chi connectivity index (χ4n) is 9.30. The van der Waals surface area contributed by atoms with Crippen LogP contribution in [0.3, 0.4) is 0 Å². The minimum atomic E-state index is -1.66. The summed E-state index contributed by atoms with van der Waals surface area (Å²) in [6.45, 7) is 1.64. The SMILES string of the molecule is CC(=O)N[C@H]1CCCNC(=O)C[C@@H](C(=O)N2CCC[C@H]2C(=O)N[C@@H](CO)C(C)=O)NC(=O)[C@H](Cc2c[nH]c3ccccc23)NC(=O)[C@H](CCCN=C(N)N)NC(=O)[C@@H](Cc2ccccc2)NC(=O)[C@H](Cc2cnc[nH]2)NC1=O. The summed E-state index contributed by atoms with van der Waals surface area (Å²) in [6, 6.07) is 4.94. The molecule has 2 fully saturated rings. The number of H-pyrrole nitrogens is 2. The molecule has 2 saturated heterocycles. The van der Waals surface area contributed by atoms with Crippen molar-refractivity contribution in [3.63, 3.8) is 0 Å². The molecule has 9 amide bonds. The van der Waals surface area contributed by atoms with Crippen LogP contribution in [0.5, 0.6) is 0 Å². The van der Waals surface area contributed by atoms with E-state index in [4.69, 9.17) is 11.5 Å². The number of carbonyl (C=O) groups is 10. The summed E-state index contributed by atoms with van der Waals surface area (Å²) in [7, 11) is 0. The van der Waals surface area contributed by atoms with Crippen LogP contribution >= 0.6 is 0 Å². The summed E-state index contributed by atoms with van der Waals surface area (Å²) < 4.78 is 0. The molecule has 0 bridgehead atoms. The third-order valence-corrected chi connectivity index (χ3v) is 13.4. The quantitative estimate of drug-likeness (QED) is 0.0308. The molecule has 26 nitrogen and oxygen atoms in total. The number of carbonyl (C=O) groups excluding carboxylic acids is 10. The first kappa shape index (κ1) is 58.6. The smallest absolute Gasteiger partial charge is 0.246 e. The minimum Gasteiger partial charge on any atom is -0.394 e. The Kier molecular flexibility index (Phi) is 21.4. The maximum Gasteiger partial charge on any atom is 0.246 e. The van der Waals surface area contributed by atoms with Crippen molar-refractivity contribution in [2.45, 2.75) is 126 Å². The fraction of sp³-hybridized carbons (Fsp3) is 0.462. The summed E-state index contributed by atoms with van der Waals surface area (Å²) >= 11 is 0. The van der Waals surface area contributed by atoms with Crippen LogP contribution in [0.2, 0.25) is 0 Å². The Labute approximate surface area is 449 Å². The third-order valence-electron chi connectivity index (χ3n) is 13.4. The number of para-hydroxylation sites is 1. The second-order valence-electron chi connectivity index (χ2n) is 19.3. The number of nitrogens with zero attached hydrogens (tertiary/aromatic N) is 3. The number of aliphatic imine (C=N–C) groups is 1. The third kappa shape index (κ3) is 16.9. The molecule has 2 aliphatic rings. The Bertz CT molecular complexity index is 2800. The zero-order valence-corrected chi connectivity index (χ0v) is 43.5. The van der Waals surface area contributed by atoms with E-state index in [0.717, 1.165) is 0 Å². The van der Waals surface area contributed by atoms with Crippen molar-refractivity contribution in [3.8, 4) is 0 Å². The van der Waals surface area contributed by atoms with E-state index in [9.17, 15) is 53.1 Å². The predicted octanol–water partition coefficient (Wildman–Crippen LogP) is -2.74. The lowest BCUT2D eigenvalue weighted by molar-refractivity contribution is -0.143. The van der Waals surface area contributed by atoms with Crippen LogP contribution in [-0.4, -0.2) is 164 Å². The van der Waals surface area contributed by atoms with Gasteiger partial charge in [-0.15, -0.1) is 0 Å². The monoisotopic (exact) mass is 1080 g/mol. The maximum absolute atomic E-state index is 14.9. The number of amides is 9. The van der Waals surface area contributed by atoms with Gasteiger partial charge in [0.1, 0.15) is 48.3 Å². The Hall–Kier alpha value is -8.68. The van der Waals surface area contributed by atoms with Gasteiger partial charge in [0.05, 0.1) is 19.4 Å². The average Bonchev–Trinajstić information content (AvgIpc) is 4.22. The van der Waals surface area contributed by atoms with Crippen molar-refractivity contribution in [1.29, 1.82) is 0 Å². The van der Waals surface area contributed by atoms with E-state index < -0.39 is 120 Å². The second-order valence-corrected chi connectivity index (χ2v) is 19.3. The first-order valence-corrected chi connectivity index (χ1v) is 25.8. The van der Waals surface area contributed by atoms with Crippen molar-refractivity contribution < 1.29 is 53.1 Å². The summed E-state index contributed by atoms with van der Waals surface area (Å²) in [5, 5.41) is 31.9. The molecule has 8 atom stereocenters. The normalized spacial score (nSPS) is 22.7. The van der Waals surface area contributed by atoms with Crippen molar-refractivity contribution in [3.05, 3.63) is 90.1 Å². The fourth-order valence-corrected chi connectivity index (χ4v) is 9.30. The summed E-state index contributed by atoms with van der Waals surface area (Å²) in [5.41, 5.74) is 13.5. The van der Waals surface area contributed by atoms with E-state index in [2.05, 4.69) is 62.5 Å². The van der Waals surface area contributed by atoms with Gasteiger partial charge in [-0.2, -0.15) is 0 Å². The molecule has 0 saturated carbocycles.